The van der Waals surface area contributed by atoms with Gasteiger partial charge in [0.05, 0.1) is 0 Å². The molecule has 1 aliphatic rings. The highest BCUT2D eigenvalue weighted by Crippen LogP contribution is 2.27. The highest BCUT2D eigenvalue weighted by molar-refractivity contribution is 6.30. The lowest BCUT2D eigenvalue weighted by Crippen LogP contribution is -2.35. The summed E-state index contributed by atoms with van der Waals surface area (Å²) in [5.41, 5.74) is 3.58. The van der Waals surface area contributed by atoms with Crippen molar-refractivity contribution in [1.29, 1.82) is 0 Å². The molecule has 3 rings (SSSR count). The maximum Gasteiger partial charge on any atom is 0.267 e. The molecule has 1 aromatic heterocycles. The Morgan fingerprint density at radius 3 is 2.43 bits per heavy atom. The average Bonchev–Trinajstić information content (AvgIpc) is 2.66. The van der Waals surface area contributed by atoms with E-state index in [9.17, 15) is 9.59 Å². The first-order valence-corrected chi connectivity index (χ1v) is 10.1. The van der Waals surface area contributed by atoms with Gasteiger partial charge in [0, 0.05) is 30.8 Å². The van der Waals surface area contributed by atoms with Gasteiger partial charge in [0.1, 0.15) is 5.02 Å². The molecular formula is C23H27ClN2O2. The van der Waals surface area contributed by atoms with Gasteiger partial charge in [0.2, 0.25) is 5.91 Å². The summed E-state index contributed by atoms with van der Waals surface area (Å²) in [6.45, 7) is 7.84. The Labute approximate surface area is 171 Å². The van der Waals surface area contributed by atoms with Gasteiger partial charge >= 0.3 is 0 Å². The molecule has 4 nitrogen and oxygen atoms in total. The zero-order chi connectivity index (χ0) is 20.3. The van der Waals surface area contributed by atoms with Gasteiger partial charge in [-0.25, -0.2) is 0 Å². The van der Waals surface area contributed by atoms with Crippen LogP contribution < -0.4 is 5.56 Å². The lowest BCUT2D eigenvalue weighted by Gasteiger charge is -2.26. The van der Waals surface area contributed by atoms with Crippen LogP contribution in [0, 0.1) is 0 Å². The van der Waals surface area contributed by atoms with Crippen molar-refractivity contribution < 1.29 is 4.79 Å². The second kappa shape index (κ2) is 8.36. The summed E-state index contributed by atoms with van der Waals surface area (Å²) in [7, 11) is 0. The largest absolute Gasteiger partial charge is 0.339 e. The molecule has 0 aliphatic carbocycles. The number of aromatic nitrogens is 1. The van der Waals surface area contributed by atoms with E-state index < -0.39 is 0 Å². The van der Waals surface area contributed by atoms with Crippen LogP contribution in [0.15, 0.2) is 47.3 Å². The molecule has 0 unspecified atom stereocenters. The molecule has 2 heterocycles. The van der Waals surface area contributed by atoms with Gasteiger partial charge in [-0.15, -0.1) is 0 Å². The van der Waals surface area contributed by atoms with Gasteiger partial charge in [-0.05, 0) is 41.5 Å². The van der Waals surface area contributed by atoms with Crippen molar-refractivity contribution in [3.63, 3.8) is 0 Å². The lowest BCUT2D eigenvalue weighted by molar-refractivity contribution is -0.132. The molecule has 1 amide bonds. The van der Waals surface area contributed by atoms with E-state index in [0.29, 0.717) is 18.7 Å². The van der Waals surface area contributed by atoms with Gasteiger partial charge in [-0.1, -0.05) is 62.7 Å². The summed E-state index contributed by atoms with van der Waals surface area (Å²) < 4.78 is 0. The third-order valence-corrected chi connectivity index (χ3v) is 5.45. The molecule has 5 heteroatoms. The first kappa shape index (κ1) is 20.4. The minimum absolute atomic E-state index is 0.0667. The van der Waals surface area contributed by atoms with Crippen LogP contribution in [0.4, 0.5) is 0 Å². The maximum absolute atomic E-state index is 12.2. The highest BCUT2D eigenvalue weighted by Gasteiger charge is 2.18. The molecule has 0 saturated carbocycles. The molecule has 1 saturated heterocycles. The Hall–Kier alpha value is -2.33. The maximum atomic E-state index is 12.2. The molecule has 0 radical (unpaired) electrons. The van der Waals surface area contributed by atoms with Crippen LogP contribution in [-0.2, 0) is 10.2 Å². The molecule has 1 aromatic carbocycles. The van der Waals surface area contributed by atoms with Crippen molar-refractivity contribution in [2.24, 2.45) is 0 Å². The highest BCUT2D eigenvalue weighted by atomic mass is 35.5. The van der Waals surface area contributed by atoms with Crippen LogP contribution in [0.5, 0.6) is 0 Å². The number of carbonyl (C=O) groups excluding carboxylic acids is 1. The number of rotatable bonds is 4. The number of aromatic amines is 1. The third-order valence-electron chi connectivity index (χ3n) is 5.15. The number of amides is 1. The van der Waals surface area contributed by atoms with Crippen molar-refractivity contribution in [2.75, 3.05) is 13.1 Å². The number of hydrogen-bond acceptors (Lipinski definition) is 2. The molecular weight excluding hydrogens is 372 g/mol. The zero-order valence-electron chi connectivity index (χ0n) is 16.7. The summed E-state index contributed by atoms with van der Waals surface area (Å²) in [5.74, 6) is 0.189. The van der Waals surface area contributed by atoms with Crippen LogP contribution in [0.3, 0.4) is 0 Å². The molecule has 1 fully saturated rings. The SMILES string of the molecule is CC(C)(C)c1ccc(/C(=C/CN2CCCCC2=O)c2ccc(Cl)c(=O)[nH]2)cc1. The van der Waals surface area contributed by atoms with E-state index in [0.717, 1.165) is 30.5 Å². The van der Waals surface area contributed by atoms with Crippen molar-refractivity contribution in [1.82, 2.24) is 9.88 Å². The van der Waals surface area contributed by atoms with E-state index in [-0.39, 0.29) is 21.9 Å². The van der Waals surface area contributed by atoms with Crippen molar-refractivity contribution >= 4 is 23.1 Å². The molecule has 2 aromatic rings. The van der Waals surface area contributed by atoms with Gasteiger partial charge in [-0.3, -0.25) is 9.59 Å². The number of H-pyrrole nitrogens is 1. The molecule has 28 heavy (non-hydrogen) atoms. The number of hydrogen-bond donors (Lipinski definition) is 1. The fraction of sp³-hybridized carbons (Fsp3) is 0.391. The number of benzene rings is 1. The minimum atomic E-state index is -0.314. The Balaban J connectivity index is 1.98. The predicted octanol–water partition coefficient (Wildman–Crippen LogP) is 4.77. The summed E-state index contributed by atoms with van der Waals surface area (Å²) in [6, 6.07) is 11.8. The van der Waals surface area contributed by atoms with E-state index in [1.54, 1.807) is 6.07 Å². The average molecular weight is 399 g/mol. The van der Waals surface area contributed by atoms with Crippen molar-refractivity contribution in [3.05, 3.63) is 74.7 Å². The van der Waals surface area contributed by atoms with Crippen LogP contribution >= 0.6 is 11.6 Å². The molecule has 0 spiro atoms. The number of nitrogens with one attached hydrogen (secondary N) is 1. The quantitative estimate of drug-likeness (QED) is 0.806. The Bertz CT molecular complexity index is 936. The Morgan fingerprint density at radius 1 is 1.11 bits per heavy atom. The standard InChI is InChI=1S/C23H27ClN2O2/c1-23(2,3)17-9-7-16(8-10-17)18(20-12-11-19(24)22(28)25-20)13-15-26-14-5-4-6-21(26)27/h7-13H,4-6,14-15H2,1-3H3,(H,25,28)/b18-13-. The zero-order valence-corrected chi connectivity index (χ0v) is 17.5. The lowest BCUT2D eigenvalue weighted by atomic mass is 9.86. The van der Waals surface area contributed by atoms with E-state index in [4.69, 9.17) is 11.6 Å². The topological polar surface area (TPSA) is 53.2 Å². The van der Waals surface area contributed by atoms with E-state index >= 15 is 0 Å². The number of pyridine rings is 1. The number of likely N-dealkylation sites (tertiary alicyclic amines) is 1. The van der Waals surface area contributed by atoms with E-state index in [1.807, 2.05) is 17.0 Å². The van der Waals surface area contributed by atoms with E-state index in [1.165, 1.54) is 5.56 Å². The number of halogens is 1. The monoisotopic (exact) mass is 398 g/mol. The van der Waals surface area contributed by atoms with Gasteiger partial charge in [0.15, 0.2) is 0 Å². The second-order valence-electron chi connectivity index (χ2n) is 8.29. The fourth-order valence-electron chi connectivity index (χ4n) is 3.40. The first-order chi connectivity index (χ1) is 13.3. The molecule has 1 aliphatic heterocycles. The summed E-state index contributed by atoms with van der Waals surface area (Å²) in [4.78, 5) is 28.9. The molecule has 148 valence electrons. The fourth-order valence-corrected chi connectivity index (χ4v) is 3.51. The third kappa shape index (κ3) is 4.74. The van der Waals surface area contributed by atoms with Gasteiger partial charge in [-0.2, -0.15) is 0 Å². The Kier molecular flexibility index (Phi) is 6.09. The summed E-state index contributed by atoms with van der Waals surface area (Å²) in [6.07, 6.45) is 4.63. The number of nitrogens with zero attached hydrogens (tertiary/aromatic N) is 1. The predicted molar refractivity (Wildman–Crippen MR) is 115 cm³/mol. The summed E-state index contributed by atoms with van der Waals surface area (Å²) in [5, 5.41) is 0.164. The van der Waals surface area contributed by atoms with Gasteiger partial charge in [0.25, 0.3) is 5.56 Å². The van der Waals surface area contributed by atoms with Crippen LogP contribution in [0.25, 0.3) is 5.57 Å². The smallest absolute Gasteiger partial charge is 0.267 e. The molecule has 1 N–H and O–H groups in total. The van der Waals surface area contributed by atoms with Crippen molar-refractivity contribution in [2.45, 2.75) is 45.4 Å². The Morgan fingerprint density at radius 2 is 1.82 bits per heavy atom. The summed E-state index contributed by atoms with van der Waals surface area (Å²) >= 11 is 5.90. The second-order valence-corrected chi connectivity index (χ2v) is 8.70. The molecule has 0 atom stereocenters. The normalized spacial score (nSPS) is 15.8. The van der Waals surface area contributed by atoms with Crippen LogP contribution in [0.2, 0.25) is 5.02 Å². The number of carbonyl (C=O) groups is 1. The van der Waals surface area contributed by atoms with Gasteiger partial charge < -0.3 is 9.88 Å². The minimum Gasteiger partial charge on any atom is -0.339 e. The first-order valence-electron chi connectivity index (χ1n) is 9.74. The van der Waals surface area contributed by atoms with Crippen LogP contribution in [0.1, 0.15) is 56.9 Å². The number of piperidine rings is 1. The molecule has 0 bridgehead atoms. The van der Waals surface area contributed by atoms with Crippen molar-refractivity contribution in [3.8, 4) is 0 Å². The van der Waals surface area contributed by atoms with Crippen LogP contribution in [-0.4, -0.2) is 28.9 Å². The van der Waals surface area contributed by atoms with E-state index in [2.05, 4.69) is 50.0 Å².